The van der Waals surface area contributed by atoms with Crippen molar-refractivity contribution in [1.82, 2.24) is 24.1 Å². The number of hydrogen-bond acceptors (Lipinski definition) is 3. The molecule has 0 aliphatic carbocycles. The van der Waals surface area contributed by atoms with Gasteiger partial charge < -0.3 is 4.57 Å². The van der Waals surface area contributed by atoms with Crippen molar-refractivity contribution in [3.8, 4) is 45.0 Å². The zero-order valence-electron chi connectivity index (χ0n) is 24.8. The molecule has 46 heavy (non-hydrogen) atoms. The SMILES string of the molecule is c1ccc(-c2nc3c4c5ccccc5n(-c5cc(-c6ccncc6)cc(-c6ccncc6)c5)c4ccc3n2-c2ccccc2)cc1. The highest BCUT2D eigenvalue weighted by Gasteiger charge is 2.21. The molecule has 0 saturated heterocycles. The Balaban J connectivity index is 1.38. The minimum absolute atomic E-state index is 0.922. The van der Waals surface area contributed by atoms with Crippen molar-refractivity contribution in [2.75, 3.05) is 0 Å². The van der Waals surface area contributed by atoms with Crippen molar-refractivity contribution in [3.63, 3.8) is 0 Å². The highest BCUT2D eigenvalue weighted by Crippen LogP contribution is 2.40. The van der Waals surface area contributed by atoms with E-state index in [2.05, 4.69) is 153 Å². The van der Waals surface area contributed by atoms with Gasteiger partial charge in [-0.05, 0) is 95.1 Å². The van der Waals surface area contributed by atoms with Gasteiger partial charge >= 0.3 is 0 Å². The van der Waals surface area contributed by atoms with Crippen molar-refractivity contribution in [2.45, 2.75) is 0 Å². The molecule has 0 fully saturated rings. The Morgan fingerprint density at radius 1 is 0.391 bits per heavy atom. The van der Waals surface area contributed by atoms with Crippen LogP contribution in [0.3, 0.4) is 0 Å². The van der Waals surface area contributed by atoms with Gasteiger partial charge in [0.2, 0.25) is 0 Å². The minimum Gasteiger partial charge on any atom is -0.309 e. The van der Waals surface area contributed by atoms with Crippen LogP contribution in [0.4, 0.5) is 0 Å². The molecule has 0 spiro atoms. The summed E-state index contributed by atoms with van der Waals surface area (Å²) in [7, 11) is 0. The van der Waals surface area contributed by atoms with E-state index in [1.54, 1.807) is 0 Å². The molecule has 216 valence electrons. The molecule has 9 rings (SSSR count). The highest BCUT2D eigenvalue weighted by molar-refractivity contribution is 6.20. The molecule has 9 aromatic rings. The summed E-state index contributed by atoms with van der Waals surface area (Å²) in [5.74, 6) is 0.922. The Hall–Kier alpha value is -6.33. The summed E-state index contributed by atoms with van der Waals surface area (Å²) in [4.78, 5) is 13.9. The third-order valence-corrected chi connectivity index (χ3v) is 8.71. The Labute approximate surface area is 265 Å². The second kappa shape index (κ2) is 10.7. The summed E-state index contributed by atoms with van der Waals surface area (Å²) in [5, 5.41) is 2.31. The number of hydrogen-bond donors (Lipinski definition) is 0. The van der Waals surface area contributed by atoms with Crippen LogP contribution in [-0.2, 0) is 0 Å². The quantitative estimate of drug-likeness (QED) is 0.201. The van der Waals surface area contributed by atoms with Gasteiger partial charge in [0.25, 0.3) is 0 Å². The fourth-order valence-corrected chi connectivity index (χ4v) is 6.65. The standard InChI is InChI=1S/C41H27N5/c1-3-9-30(10-4-1)41-44-40-38(46(41)33-11-5-2-6-12-33)16-15-37-39(40)35-13-7-8-14-36(35)45(37)34-26-31(28-17-21-42-22-18-28)25-32(27-34)29-19-23-43-24-20-29/h1-27H. The number of rotatable bonds is 5. The predicted octanol–water partition coefficient (Wildman–Crippen LogP) is 9.91. The Kier molecular flexibility index (Phi) is 6.06. The summed E-state index contributed by atoms with van der Waals surface area (Å²) in [6.45, 7) is 0. The molecule has 0 saturated carbocycles. The second-order valence-corrected chi connectivity index (χ2v) is 11.4. The molecule has 0 N–H and O–H groups in total. The predicted molar refractivity (Wildman–Crippen MR) is 187 cm³/mol. The molecular weight excluding hydrogens is 562 g/mol. The van der Waals surface area contributed by atoms with Gasteiger partial charge in [0, 0.05) is 52.5 Å². The number of para-hydroxylation sites is 2. The van der Waals surface area contributed by atoms with Crippen LogP contribution in [0.5, 0.6) is 0 Å². The normalized spacial score (nSPS) is 11.5. The molecule has 5 aromatic carbocycles. The molecule has 0 amide bonds. The van der Waals surface area contributed by atoms with Crippen LogP contribution in [0.25, 0.3) is 77.9 Å². The van der Waals surface area contributed by atoms with Crippen LogP contribution in [0, 0.1) is 0 Å². The molecule has 0 atom stereocenters. The maximum Gasteiger partial charge on any atom is 0.145 e. The maximum absolute atomic E-state index is 5.41. The molecule has 0 aliphatic heterocycles. The van der Waals surface area contributed by atoms with Gasteiger partial charge in [-0.15, -0.1) is 0 Å². The second-order valence-electron chi connectivity index (χ2n) is 11.4. The topological polar surface area (TPSA) is 48.5 Å². The van der Waals surface area contributed by atoms with E-state index in [9.17, 15) is 0 Å². The fraction of sp³-hybridized carbons (Fsp3) is 0. The summed E-state index contributed by atoms with van der Waals surface area (Å²) < 4.78 is 4.66. The molecule has 4 aromatic heterocycles. The lowest BCUT2D eigenvalue weighted by Gasteiger charge is -2.14. The molecule has 0 unspecified atom stereocenters. The van der Waals surface area contributed by atoms with Crippen LogP contribution in [-0.4, -0.2) is 24.1 Å². The smallest absolute Gasteiger partial charge is 0.145 e. The third-order valence-electron chi connectivity index (χ3n) is 8.71. The van der Waals surface area contributed by atoms with E-state index >= 15 is 0 Å². The molecule has 5 heteroatoms. The Bertz CT molecular complexity index is 2440. The van der Waals surface area contributed by atoms with E-state index in [0.717, 1.165) is 72.5 Å². The summed E-state index contributed by atoms with van der Waals surface area (Å²) >= 11 is 0. The first-order valence-corrected chi connectivity index (χ1v) is 15.4. The van der Waals surface area contributed by atoms with E-state index in [1.807, 2.05) is 30.9 Å². The van der Waals surface area contributed by atoms with E-state index in [4.69, 9.17) is 4.98 Å². The Morgan fingerprint density at radius 3 is 1.65 bits per heavy atom. The maximum atomic E-state index is 5.41. The lowest BCUT2D eigenvalue weighted by Crippen LogP contribution is -1.97. The zero-order valence-corrected chi connectivity index (χ0v) is 24.8. The monoisotopic (exact) mass is 589 g/mol. The molecule has 5 nitrogen and oxygen atoms in total. The van der Waals surface area contributed by atoms with Gasteiger partial charge in [-0.25, -0.2) is 4.98 Å². The van der Waals surface area contributed by atoms with E-state index < -0.39 is 0 Å². The van der Waals surface area contributed by atoms with Crippen LogP contribution in [0.1, 0.15) is 0 Å². The molecule has 0 bridgehead atoms. The van der Waals surface area contributed by atoms with Crippen molar-refractivity contribution in [3.05, 3.63) is 164 Å². The first-order chi connectivity index (χ1) is 22.8. The highest BCUT2D eigenvalue weighted by atomic mass is 15.1. The molecular formula is C41H27N5. The Morgan fingerprint density at radius 2 is 0.978 bits per heavy atom. The number of aromatic nitrogens is 5. The van der Waals surface area contributed by atoms with E-state index in [-0.39, 0.29) is 0 Å². The number of fused-ring (bicyclic) bond motifs is 5. The van der Waals surface area contributed by atoms with Gasteiger partial charge in [-0.2, -0.15) is 0 Å². The zero-order chi connectivity index (χ0) is 30.5. The molecule has 0 aliphatic rings. The van der Waals surface area contributed by atoms with Gasteiger partial charge in [0.1, 0.15) is 5.82 Å². The third kappa shape index (κ3) is 4.21. The first kappa shape index (κ1) is 26.1. The number of imidazole rings is 1. The average Bonchev–Trinajstić information content (AvgIpc) is 3.69. The van der Waals surface area contributed by atoms with Gasteiger partial charge in [-0.3, -0.25) is 14.5 Å². The van der Waals surface area contributed by atoms with Gasteiger partial charge in [0.15, 0.2) is 0 Å². The van der Waals surface area contributed by atoms with Crippen molar-refractivity contribution in [1.29, 1.82) is 0 Å². The van der Waals surface area contributed by atoms with Crippen LogP contribution in [0.15, 0.2) is 164 Å². The van der Waals surface area contributed by atoms with Gasteiger partial charge in [-0.1, -0.05) is 66.7 Å². The number of pyridine rings is 2. The van der Waals surface area contributed by atoms with Crippen molar-refractivity contribution >= 4 is 32.8 Å². The molecule has 0 radical (unpaired) electrons. The fourth-order valence-electron chi connectivity index (χ4n) is 6.65. The lowest BCUT2D eigenvalue weighted by molar-refractivity contribution is 1.10. The van der Waals surface area contributed by atoms with Crippen LogP contribution < -0.4 is 0 Å². The van der Waals surface area contributed by atoms with Crippen molar-refractivity contribution < 1.29 is 0 Å². The average molecular weight is 590 g/mol. The van der Waals surface area contributed by atoms with E-state index in [1.165, 1.54) is 5.39 Å². The lowest BCUT2D eigenvalue weighted by atomic mass is 9.99. The summed E-state index contributed by atoms with van der Waals surface area (Å²) in [5.41, 5.74) is 12.0. The number of benzene rings is 5. The summed E-state index contributed by atoms with van der Waals surface area (Å²) in [6, 6.07) is 49.1. The summed E-state index contributed by atoms with van der Waals surface area (Å²) in [6.07, 6.45) is 7.38. The van der Waals surface area contributed by atoms with Crippen LogP contribution in [0.2, 0.25) is 0 Å². The minimum atomic E-state index is 0.922. The number of nitrogens with zero attached hydrogens (tertiary/aromatic N) is 5. The van der Waals surface area contributed by atoms with Gasteiger partial charge in [0.05, 0.1) is 22.1 Å². The van der Waals surface area contributed by atoms with Crippen LogP contribution >= 0.6 is 0 Å². The van der Waals surface area contributed by atoms with E-state index in [0.29, 0.717) is 0 Å². The van der Waals surface area contributed by atoms with Crippen molar-refractivity contribution in [2.24, 2.45) is 0 Å². The molecule has 4 heterocycles. The first-order valence-electron chi connectivity index (χ1n) is 15.4. The largest absolute Gasteiger partial charge is 0.309 e.